The number of aliphatic hydroxyl groups is 1. The van der Waals surface area contributed by atoms with Crippen molar-refractivity contribution >= 4 is 0 Å². The molecule has 2 unspecified atom stereocenters. The summed E-state index contributed by atoms with van der Waals surface area (Å²) in [5.41, 5.74) is -0.611. The van der Waals surface area contributed by atoms with Gasteiger partial charge >= 0.3 is 0 Å². The maximum Gasteiger partial charge on any atom is 0.141 e. The second kappa shape index (κ2) is 4.29. The Morgan fingerprint density at radius 3 is 2.58 bits per heavy atom. The summed E-state index contributed by atoms with van der Waals surface area (Å²) in [6.45, 7) is 0. The fourth-order valence-corrected chi connectivity index (χ4v) is 3.69. The second-order valence-corrected chi connectivity index (χ2v) is 5.76. The van der Waals surface area contributed by atoms with Crippen LogP contribution in [-0.4, -0.2) is 29.1 Å². The zero-order chi connectivity index (χ0) is 13.6. The smallest absolute Gasteiger partial charge is 0.141 e. The number of halogens is 1. The summed E-state index contributed by atoms with van der Waals surface area (Å²) in [7, 11) is 2.08. The summed E-state index contributed by atoms with van der Waals surface area (Å²) in [5.74, 6) is -0.542. The molecule has 2 aliphatic heterocycles. The van der Waals surface area contributed by atoms with Gasteiger partial charge < -0.3 is 10.0 Å². The molecular weight excluding hydrogens is 243 g/mol. The Hall–Kier alpha value is -1.44. The molecule has 2 bridgehead atoms. The molecule has 2 aliphatic rings. The lowest BCUT2D eigenvalue weighted by molar-refractivity contribution is -0.0496. The number of benzene rings is 1. The summed E-state index contributed by atoms with van der Waals surface area (Å²) in [6.07, 6.45) is 3.30. The van der Waals surface area contributed by atoms with Gasteiger partial charge in [0.2, 0.25) is 0 Å². The topological polar surface area (TPSA) is 47.3 Å². The Labute approximate surface area is 112 Å². The standard InChI is InChI=1S/C15H17FN2O/c1-18-10-5-6-11(18)8-15(19,7-10)13-3-2-4-14(16)12(13)9-17/h2-4,10-11,19H,5-8H2,1H3. The molecule has 2 saturated heterocycles. The summed E-state index contributed by atoms with van der Waals surface area (Å²) in [6, 6.07) is 7.10. The maximum absolute atomic E-state index is 13.7. The molecule has 3 rings (SSSR count). The third-order valence-corrected chi connectivity index (χ3v) is 4.76. The van der Waals surface area contributed by atoms with Crippen molar-refractivity contribution in [2.45, 2.75) is 43.4 Å². The maximum atomic E-state index is 13.7. The molecule has 4 heteroatoms. The number of fused-ring (bicyclic) bond motifs is 2. The van der Waals surface area contributed by atoms with E-state index in [1.165, 1.54) is 6.07 Å². The van der Waals surface area contributed by atoms with Crippen LogP contribution in [0.4, 0.5) is 4.39 Å². The van der Waals surface area contributed by atoms with Crippen molar-refractivity contribution in [3.8, 4) is 6.07 Å². The first-order valence-corrected chi connectivity index (χ1v) is 6.68. The van der Waals surface area contributed by atoms with Gasteiger partial charge in [-0.2, -0.15) is 5.26 Å². The third kappa shape index (κ3) is 1.85. The predicted octanol–water partition coefficient (Wildman–Crippen LogP) is 2.14. The van der Waals surface area contributed by atoms with Crippen LogP contribution in [0.2, 0.25) is 0 Å². The molecule has 1 N–H and O–H groups in total. The van der Waals surface area contributed by atoms with E-state index in [0.29, 0.717) is 30.5 Å². The zero-order valence-corrected chi connectivity index (χ0v) is 10.9. The monoisotopic (exact) mass is 260 g/mol. The fraction of sp³-hybridized carbons (Fsp3) is 0.533. The van der Waals surface area contributed by atoms with E-state index in [1.807, 2.05) is 6.07 Å². The average molecular weight is 260 g/mol. The summed E-state index contributed by atoms with van der Waals surface area (Å²) >= 11 is 0. The zero-order valence-electron chi connectivity index (χ0n) is 10.9. The lowest BCUT2D eigenvalue weighted by Crippen LogP contribution is -2.48. The molecule has 1 aromatic rings. The van der Waals surface area contributed by atoms with E-state index in [2.05, 4.69) is 11.9 Å². The number of hydrogen-bond acceptors (Lipinski definition) is 3. The second-order valence-electron chi connectivity index (χ2n) is 5.76. The van der Waals surface area contributed by atoms with Crippen LogP contribution in [0.3, 0.4) is 0 Å². The first-order chi connectivity index (χ1) is 9.05. The van der Waals surface area contributed by atoms with E-state index in [1.54, 1.807) is 12.1 Å². The normalized spacial score (nSPS) is 34.2. The molecule has 0 radical (unpaired) electrons. The van der Waals surface area contributed by atoms with Crippen molar-refractivity contribution in [3.05, 3.63) is 35.1 Å². The number of nitriles is 1. The summed E-state index contributed by atoms with van der Waals surface area (Å²) < 4.78 is 13.7. The van der Waals surface area contributed by atoms with Crippen molar-refractivity contribution in [2.24, 2.45) is 0 Å². The number of rotatable bonds is 1. The largest absolute Gasteiger partial charge is 0.385 e. The first-order valence-electron chi connectivity index (χ1n) is 6.68. The Morgan fingerprint density at radius 1 is 1.37 bits per heavy atom. The average Bonchev–Trinajstić information content (AvgIpc) is 2.63. The van der Waals surface area contributed by atoms with Crippen LogP contribution >= 0.6 is 0 Å². The van der Waals surface area contributed by atoms with Crippen molar-refractivity contribution in [1.29, 1.82) is 5.26 Å². The molecular formula is C15H17FN2O. The Balaban J connectivity index is 2.03. The van der Waals surface area contributed by atoms with Crippen molar-refractivity contribution in [3.63, 3.8) is 0 Å². The molecule has 2 fully saturated rings. The van der Waals surface area contributed by atoms with Gasteiger partial charge in [-0.3, -0.25) is 0 Å². The van der Waals surface area contributed by atoms with Crippen molar-refractivity contribution in [1.82, 2.24) is 4.90 Å². The van der Waals surface area contributed by atoms with E-state index in [-0.39, 0.29) is 5.56 Å². The van der Waals surface area contributed by atoms with Crippen LogP contribution in [0.5, 0.6) is 0 Å². The van der Waals surface area contributed by atoms with Gasteiger partial charge in [-0.1, -0.05) is 12.1 Å². The Kier molecular flexibility index (Phi) is 2.84. The SMILES string of the molecule is CN1C2CCC1CC(O)(c1cccc(F)c1C#N)C2. The van der Waals surface area contributed by atoms with E-state index in [4.69, 9.17) is 5.26 Å². The van der Waals surface area contributed by atoms with Gasteiger partial charge in [-0.05, 0) is 38.8 Å². The van der Waals surface area contributed by atoms with Crippen LogP contribution in [0.1, 0.15) is 36.8 Å². The van der Waals surface area contributed by atoms with Crippen molar-refractivity contribution in [2.75, 3.05) is 7.05 Å². The molecule has 100 valence electrons. The van der Waals surface area contributed by atoms with Crippen LogP contribution < -0.4 is 0 Å². The molecule has 0 aromatic heterocycles. The quantitative estimate of drug-likeness (QED) is 0.841. The van der Waals surface area contributed by atoms with Crippen molar-refractivity contribution < 1.29 is 9.50 Å². The Bertz CT molecular complexity index is 538. The van der Waals surface area contributed by atoms with Gasteiger partial charge in [0.15, 0.2) is 0 Å². The summed E-state index contributed by atoms with van der Waals surface area (Å²) in [4.78, 5) is 2.31. The minimum Gasteiger partial charge on any atom is -0.385 e. The minimum absolute atomic E-state index is 0.00560. The highest BCUT2D eigenvalue weighted by Gasteiger charge is 2.47. The predicted molar refractivity (Wildman–Crippen MR) is 68.8 cm³/mol. The molecule has 1 aromatic carbocycles. The molecule has 0 amide bonds. The van der Waals surface area contributed by atoms with Gasteiger partial charge in [-0.15, -0.1) is 0 Å². The van der Waals surface area contributed by atoms with E-state index < -0.39 is 11.4 Å². The van der Waals surface area contributed by atoms with Gasteiger partial charge in [-0.25, -0.2) is 4.39 Å². The summed E-state index contributed by atoms with van der Waals surface area (Å²) in [5, 5.41) is 20.1. The number of hydrogen-bond donors (Lipinski definition) is 1. The lowest BCUT2D eigenvalue weighted by Gasteiger charge is -2.42. The lowest BCUT2D eigenvalue weighted by atomic mass is 9.79. The van der Waals surface area contributed by atoms with Gasteiger partial charge in [0.05, 0.1) is 11.2 Å². The third-order valence-electron chi connectivity index (χ3n) is 4.76. The highest BCUT2D eigenvalue weighted by atomic mass is 19.1. The van der Waals surface area contributed by atoms with Gasteiger partial charge in [0.25, 0.3) is 0 Å². The highest BCUT2D eigenvalue weighted by molar-refractivity contribution is 5.43. The van der Waals surface area contributed by atoms with Crippen LogP contribution in [0.15, 0.2) is 18.2 Å². The van der Waals surface area contributed by atoms with E-state index >= 15 is 0 Å². The van der Waals surface area contributed by atoms with Gasteiger partial charge in [0.1, 0.15) is 11.9 Å². The van der Waals surface area contributed by atoms with Crippen LogP contribution in [0.25, 0.3) is 0 Å². The van der Waals surface area contributed by atoms with Crippen LogP contribution in [0, 0.1) is 17.1 Å². The highest BCUT2D eigenvalue weighted by Crippen LogP contribution is 2.45. The number of nitrogens with zero attached hydrogens (tertiary/aromatic N) is 2. The Morgan fingerprint density at radius 2 is 2.00 bits per heavy atom. The first kappa shape index (κ1) is 12.6. The molecule has 2 heterocycles. The number of piperidine rings is 1. The molecule has 3 nitrogen and oxygen atoms in total. The van der Waals surface area contributed by atoms with Gasteiger partial charge in [0, 0.05) is 17.6 Å². The molecule has 0 aliphatic carbocycles. The minimum atomic E-state index is -1.06. The molecule has 2 atom stereocenters. The van der Waals surface area contributed by atoms with E-state index in [0.717, 1.165) is 12.8 Å². The van der Waals surface area contributed by atoms with E-state index in [9.17, 15) is 9.50 Å². The molecule has 0 spiro atoms. The molecule has 0 saturated carbocycles. The fourth-order valence-electron chi connectivity index (χ4n) is 3.69. The molecule has 19 heavy (non-hydrogen) atoms. The van der Waals surface area contributed by atoms with Crippen LogP contribution in [-0.2, 0) is 5.60 Å².